The van der Waals surface area contributed by atoms with Crippen LogP contribution in [0.1, 0.15) is 32.1 Å². The molecule has 1 heterocycles. The minimum absolute atomic E-state index is 0.295. The van der Waals surface area contributed by atoms with E-state index in [9.17, 15) is 18.0 Å². The Hall–Kier alpha value is -1.15. The van der Waals surface area contributed by atoms with Gasteiger partial charge in [0.1, 0.15) is 6.04 Å². The number of likely N-dealkylation sites (N-methyl/N-ethyl adjacent to an activating group) is 1. The van der Waals surface area contributed by atoms with Gasteiger partial charge in [-0.1, -0.05) is 6.42 Å². The fourth-order valence-corrected chi connectivity index (χ4v) is 5.63. The summed E-state index contributed by atoms with van der Waals surface area (Å²) in [6, 6.07) is -0.694. The van der Waals surface area contributed by atoms with Gasteiger partial charge in [-0.15, -0.1) is 0 Å². The van der Waals surface area contributed by atoms with E-state index in [0.29, 0.717) is 38.6 Å². The van der Waals surface area contributed by atoms with E-state index in [1.165, 1.54) is 11.4 Å². The van der Waals surface area contributed by atoms with Gasteiger partial charge in [0.2, 0.25) is 15.9 Å². The minimum atomic E-state index is -3.75. The first-order valence-corrected chi connectivity index (χ1v) is 8.35. The summed E-state index contributed by atoms with van der Waals surface area (Å²) in [6.07, 6.45) is 2.46. The first kappa shape index (κ1) is 15.2. The number of nitrogens with zero attached hydrogens (tertiary/aromatic N) is 1. The second-order valence-corrected chi connectivity index (χ2v) is 7.45. The van der Waals surface area contributed by atoms with Crippen molar-refractivity contribution in [2.75, 3.05) is 13.6 Å². The van der Waals surface area contributed by atoms with Gasteiger partial charge >= 0.3 is 5.97 Å². The highest BCUT2D eigenvalue weighted by Crippen LogP contribution is 2.35. The Morgan fingerprint density at radius 1 is 1.20 bits per heavy atom. The van der Waals surface area contributed by atoms with Gasteiger partial charge in [-0.25, -0.2) is 8.42 Å². The van der Waals surface area contributed by atoms with Crippen LogP contribution < -0.4 is 5.32 Å². The van der Waals surface area contributed by atoms with Crippen molar-refractivity contribution >= 4 is 21.9 Å². The molecule has 2 rings (SSSR count). The molecule has 1 amide bonds. The lowest BCUT2D eigenvalue weighted by molar-refractivity contribution is -0.141. The normalized spacial score (nSPS) is 31.4. The highest BCUT2D eigenvalue weighted by atomic mass is 32.2. The van der Waals surface area contributed by atoms with E-state index in [1.807, 2.05) is 0 Å². The number of hydrogen-bond donors (Lipinski definition) is 2. The Balaban J connectivity index is 2.25. The molecule has 0 aromatic rings. The maximum Gasteiger partial charge on any atom is 0.307 e. The van der Waals surface area contributed by atoms with Crippen molar-refractivity contribution in [2.24, 2.45) is 5.92 Å². The van der Waals surface area contributed by atoms with Crippen LogP contribution in [0.5, 0.6) is 0 Å². The van der Waals surface area contributed by atoms with Gasteiger partial charge in [-0.05, 0) is 25.7 Å². The predicted octanol–water partition coefficient (Wildman–Crippen LogP) is -0.220. The molecule has 2 aliphatic rings. The molecule has 0 aromatic carbocycles. The molecule has 1 aliphatic heterocycles. The Morgan fingerprint density at radius 3 is 2.50 bits per heavy atom. The van der Waals surface area contributed by atoms with Crippen molar-refractivity contribution in [3.63, 3.8) is 0 Å². The highest BCUT2D eigenvalue weighted by Gasteiger charge is 2.48. The van der Waals surface area contributed by atoms with Crippen LogP contribution in [0, 0.1) is 5.92 Å². The number of carboxylic acids is 1. The van der Waals surface area contributed by atoms with Gasteiger partial charge in [-0.3, -0.25) is 9.59 Å². The van der Waals surface area contributed by atoms with Crippen molar-refractivity contribution in [3.8, 4) is 0 Å². The van der Waals surface area contributed by atoms with Crippen molar-refractivity contribution in [3.05, 3.63) is 0 Å². The molecule has 0 bridgehead atoms. The first-order valence-electron chi connectivity index (χ1n) is 6.84. The molecule has 1 saturated carbocycles. The number of rotatable bonds is 4. The number of amides is 1. The summed E-state index contributed by atoms with van der Waals surface area (Å²) in [4.78, 5) is 23.0. The monoisotopic (exact) mass is 304 g/mol. The third-order valence-corrected chi connectivity index (χ3v) is 6.65. The number of sulfonamides is 1. The maximum absolute atomic E-state index is 12.7. The van der Waals surface area contributed by atoms with E-state index in [0.717, 1.165) is 0 Å². The number of carboxylic acid groups (broad SMARTS) is 1. The lowest BCUT2D eigenvalue weighted by Gasteiger charge is -2.27. The van der Waals surface area contributed by atoms with E-state index in [1.54, 1.807) is 0 Å². The van der Waals surface area contributed by atoms with Crippen LogP contribution in [0.3, 0.4) is 0 Å². The predicted molar refractivity (Wildman–Crippen MR) is 71.5 cm³/mol. The largest absolute Gasteiger partial charge is 0.481 e. The first-order chi connectivity index (χ1) is 9.39. The van der Waals surface area contributed by atoms with Gasteiger partial charge in [0.05, 0.1) is 11.2 Å². The number of nitrogens with one attached hydrogen (secondary N) is 1. The van der Waals surface area contributed by atoms with Crippen LogP contribution in [-0.2, 0) is 19.6 Å². The van der Waals surface area contributed by atoms with E-state index in [2.05, 4.69) is 5.32 Å². The van der Waals surface area contributed by atoms with Gasteiger partial charge in [-0.2, -0.15) is 4.31 Å². The molecule has 2 fully saturated rings. The molecule has 0 aromatic heterocycles. The molecule has 2 N–H and O–H groups in total. The lowest BCUT2D eigenvalue weighted by Crippen LogP contribution is -2.49. The summed E-state index contributed by atoms with van der Waals surface area (Å²) in [5, 5.41) is 10.7. The lowest BCUT2D eigenvalue weighted by atomic mass is 10.1. The van der Waals surface area contributed by atoms with Gasteiger partial charge in [0, 0.05) is 13.6 Å². The topological polar surface area (TPSA) is 104 Å². The Labute approximate surface area is 118 Å². The summed E-state index contributed by atoms with van der Waals surface area (Å²) in [6.45, 7) is 0.295. The molecule has 1 saturated heterocycles. The smallest absolute Gasteiger partial charge is 0.307 e. The maximum atomic E-state index is 12.7. The molecule has 7 nitrogen and oxygen atoms in total. The molecule has 3 atom stereocenters. The van der Waals surface area contributed by atoms with Crippen molar-refractivity contribution in [2.45, 2.75) is 43.4 Å². The fraction of sp³-hybridized carbons (Fsp3) is 0.833. The van der Waals surface area contributed by atoms with E-state index in [-0.39, 0.29) is 5.91 Å². The Kier molecular flexibility index (Phi) is 4.33. The molecule has 114 valence electrons. The van der Waals surface area contributed by atoms with Crippen LogP contribution in [0.4, 0.5) is 0 Å². The van der Waals surface area contributed by atoms with Crippen LogP contribution in [0.25, 0.3) is 0 Å². The molecule has 1 aliphatic carbocycles. The summed E-state index contributed by atoms with van der Waals surface area (Å²) in [5.41, 5.74) is 0. The van der Waals surface area contributed by atoms with Crippen LogP contribution in [0.2, 0.25) is 0 Å². The zero-order valence-corrected chi connectivity index (χ0v) is 12.2. The molecule has 0 spiro atoms. The zero-order valence-electron chi connectivity index (χ0n) is 11.4. The van der Waals surface area contributed by atoms with E-state index < -0.39 is 33.2 Å². The molecular formula is C12H20N2O5S. The number of aliphatic carboxylic acids is 1. The van der Waals surface area contributed by atoms with Crippen molar-refractivity contribution in [1.29, 1.82) is 0 Å². The average Bonchev–Trinajstić information content (AvgIpc) is 3.06. The fourth-order valence-electron chi connectivity index (χ4n) is 3.21. The quantitative estimate of drug-likeness (QED) is 0.747. The number of carbonyl (C=O) groups excluding carboxylic acids is 1. The third-order valence-electron chi connectivity index (χ3n) is 4.23. The van der Waals surface area contributed by atoms with Crippen LogP contribution in [0.15, 0.2) is 0 Å². The average molecular weight is 304 g/mol. The summed E-state index contributed by atoms with van der Waals surface area (Å²) < 4.78 is 26.5. The summed E-state index contributed by atoms with van der Waals surface area (Å²) in [5.74, 6) is -2.24. The molecule has 8 heteroatoms. The van der Waals surface area contributed by atoms with Crippen LogP contribution in [-0.4, -0.2) is 54.6 Å². The second-order valence-electron chi connectivity index (χ2n) is 5.34. The summed E-state index contributed by atoms with van der Waals surface area (Å²) in [7, 11) is -2.27. The van der Waals surface area contributed by atoms with E-state index in [4.69, 9.17) is 5.11 Å². The van der Waals surface area contributed by atoms with Gasteiger partial charge < -0.3 is 10.4 Å². The van der Waals surface area contributed by atoms with Crippen molar-refractivity contribution in [1.82, 2.24) is 9.62 Å². The minimum Gasteiger partial charge on any atom is -0.481 e. The molecular weight excluding hydrogens is 284 g/mol. The standard InChI is InChI=1S/C12H20N2O5S/c1-13-11(15)9-5-3-7-14(9)20(18,19)10-6-2-4-8(10)12(16)17/h8-10H,2-7H2,1H3,(H,13,15)(H,16,17). The van der Waals surface area contributed by atoms with Crippen molar-refractivity contribution < 1.29 is 23.1 Å². The highest BCUT2D eigenvalue weighted by molar-refractivity contribution is 7.89. The second kappa shape index (κ2) is 5.69. The SMILES string of the molecule is CNC(=O)C1CCCN1S(=O)(=O)C1CCCC1C(=O)O. The van der Waals surface area contributed by atoms with E-state index >= 15 is 0 Å². The van der Waals surface area contributed by atoms with Gasteiger partial charge in [0.25, 0.3) is 0 Å². The Morgan fingerprint density at radius 2 is 1.90 bits per heavy atom. The third kappa shape index (κ3) is 2.54. The molecule has 0 radical (unpaired) electrons. The van der Waals surface area contributed by atoms with Crippen LogP contribution >= 0.6 is 0 Å². The van der Waals surface area contributed by atoms with Gasteiger partial charge in [0.15, 0.2) is 0 Å². The zero-order chi connectivity index (χ0) is 14.9. The summed E-state index contributed by atoms with van der Waals surface area (Å²) >= 11 is 0. The number of carbonyl (C=O) groups is 2. The molecule has 20 heavy (non-hydrogen) atoms. The molecule has 3 unspecified atom stereocenters. The Bertz CT molecular complexity index is 504. The number of hydrogen-bond acceptors (Lipinski definition) is 4.